The maximum absolute atomic E-state index is 13.4. The van der Waals surface area contributed by atoms with Crippen LogP contribution in [-0.2, 0) is 11.2 Å². The van der Waals surface area contributed by atoms with Crippen LogP contribution in [0.3, 0.4) is 0 Å². The lowest BCUT2D eigenvalue weighted by molar-refractivity contribution is -0.121. The Morgan fingerprint density at radius 3 is 2.59 bits per heavy atom. The molecule has 0 fully saturated rings. The molecule has 0 aliphatic carbocycles. The molecule has 0 heterocycles. The van der Waals surface area contributed by atoms with Gasteiger partial charge in [-0.15, -0.1) is 0 Å². The van der Waals surface area contributed by atoms with Crippen LogP contribution in [0.2, 0.25) is 5.02 Å². The van der Waals surface area contributed by atoms with E-state index in [1.165, 1.54) is 12.1 Å². The van der Waals surface area contributed by atoms with Crippen LogP contribution >= 0.6 is 11.6 Å². The quantitative estimate of drug-likeness (QED) is 0.861. The number of amides is 1. The molecule has 1 amide bonds. The number of hydrogen-bond donors (Lipinski definition) is 1. The highest BCUT2D eigenvalue weighted by Gasteiger charge is 2.13. The highest BCUT2D eigenvalue weighted by molar-refractivity contribution is 6.31. The Balaban J connectivity index is 2.68. The molecule has 94 valence electrons. The standard InChI is InChI=1S/C13H17ClFNO/c1-3-9(4-2)16-13(17)8-10-11(14)6-5-7-12(10)15/h5-7,9H,3-4,8H2,1-2H3,(H,16,17). The third kappa shape index (κ3) is 4.00. The van der Waals surface area contributed by atoms with Crippen molar-refractivity contribution in [3.05, 3.63) is 34.6 Å². The zero-order valence-electron chi connectivity index (χ0n) is 10.1. The lowest BCUT2D eigenvalue weighted by Gasteiger charge is -2.15. The summed E-state index contributed by atoms with van der Waals surface area (Å²) in [5, 5.41) is 3.15. The molecule has 0 aromatic heterocycles. The fourth-order valence-corrected chi connectivity index (χ4v) is 1.86. The van der Waals surface area contributed by atoms with E-state index in [-0.39, 0.29) is 23.9 Å². The van der Waals surface area contributed by atoms with Crippen LogP contribution in [0.4, 0.5) is 4.39 Å². The predicted molar refractivity (Wildman–Crippen MR) is 67.6 cm³/mol. The van der Waals surface area contributed by atoms with Crippen LogP contribution in [-0.4, -0.2) is 11.9 Å². The maximum Gasteiger partial charge on any atom is 0.224 e. The van der Waals surface area contributed by atoms with E-state index in [1.54, 1.807) is 6.07 Å². The Labute approximate surface area is 106 Å². The minimum Gasteiger partial charge on any atom is -0.353 e. The van der Waals surface area contributed by atoms with Gasteiger partial charge in [-0.2, -0.15) is 0 Å². The van der Waals surface area contributed by atoms with Gasteiger partial charge in [-0.05, 0) is 25.0 Å². The van der Waals surface area contributed by atoms with Crippen molar-refractivity contribution in [2.24, 2.45) is 0 Å². The van der Waals surface area contributed by atoms with Crippen molar-refractivity contribution in [2.75, 3.05) is 0 Å². The number of hydrogen-bond acceptors (Lipinski definition) is 1. The van der Waals surface area contributed by atoms with Crippen LogP contribution in [0.15, 0.2) is 18.2 Å². The van der Waals surface area contributed by atoms with Gasteiger partial charge in [0, 0.05) is 16.6 Å². The van der Waals surface area contributed by atoms with Gasteiger partial charge in [-0.25, -0.2) is 4.39 Å². The molecule has 1 aromatic rings. The largest absolute Gasteiger partial charge is 0.353 e. The third-order valence-electron chi connectivity index (χ3n) is 2.75. The van der Waals surface area contributed by atoms with Gasteiger partial charge in [0.25, 0.3) is 0 Å². The van der Waals surface area contributed by atoms with E-state index in [1.807, 2.05) is 13.8 Å². The molecule has 1 N–H and O–H groups in total. The normalized spacial score (nSPS) is 10.6. The van der Waals surface area contributed by atoms with E-state index in [2.05, 4.69) is 5.32 Å². The molecule has 2 nitrogen and oxygen atoms in total. The number of halogens is 2. The Morgan fingerprint density at radius 1 is 1.41 bits per heavy atom. The monoisotopic (exact) mass is 257 g/mol. The van der Waals surface area contributed by atoms with Crippen LogP contribution in [0, 0.1) is 5.82 Å². The van der Waals surface area contributed by atoms with Crippen LogP contribution < -0.4 is 5.32 Å². The minimum atomic E-state index is -0.433. The highest BCUT2D eigenvalue weighted by atomic mass is 35.5. The topological polar surface area (TPSA) is 29.1 Å². The van der Waals surface area contributed by atoms with E-state index in [0.717, 1.165) is 12.8 Å². The second-order valence-corrected chi connectivity index (χ2v) is 4.37. The lowest BCUT2D eigenvalue weighted by Crippen LogP contribution is -2.35. The molecular weight excluding hydrogens is 241 g/mol. The van der Waals surface area contributed by atoms with Crippen LogP contribution in [0.25, 0.3) is 0 Å². The molecule has 0 aliphatic heterocycles. The first-order valence-corrected chi connectivity index (χ1v) is 6.18. The van der Waals surface area contributed by atoms with Gasteiger partial charge >= 0.3 is 0 Å². The first kappa shape index (κ1) is 14.0. The molecular formula is C13H17ClFNO. The Kier molecular flexibility index (Phi) is 5.42. The molecule has 0 atom stereocenters. The third-order valence-corrected chi connectivity index (χ3v) is 3.10. The zero-order chi connectivity index (χ0) is 12.8. The molecule has 0 spiro atoms. The summed E-state index contributed by atoms with van der Waals surface area (Å²) in [5.41, 5.74) is 0.262. The summed E-state index contributed by atoms with van der Waals surface area (Å²) in [6.45, 7) is 4.01. The van der Waals surface area contributed by atoms with E-state index in [0.29, 0.717) is 5.02 Å². The molecule has 4 heteroatoms. The molecule has 0 unspecified atom stereocenters. The Hall–Kier alpha value is -1.09. The Bertz CT molecular complexity index is 371. The molecule has 0 aliphatic rings. The number of rotatable bonds is 5. The van der Waals surface area contributed by atoms with Crippen molar-refractivity contribution in [3.63, 3.8) is 0 Å². The lowest BCUT2D eigenvalue weighted by atomic mass is 10.1. The average molecular weight is 258 g/mol. The number of carbonyl (C=O) groups is 1. The van der Waals surface area contributed by atoms with Gasteiger partial charge in [0.15, 0.2) is 0 Å². The van der Waals surface area contributed by atoms with Gasteiger partial charge < -0.3 is 5.32 Å². The summed E-state index contributed by atoms with van der Waals surface area (Å²) in [5.74, 6) is -0.622. The molecule has 0 saturated carbocycles. The van der Waals surface area contributed by atoms with Crippen molar-refractivity contribution >= 4 is 17.5 Å². The van der Waals surface area contributed by atoms with Gasteiger partial charge in [0.2, 0.25) is 5.91 Å². The summed E-state index contributed by atoms with van der Waals surface area (Å²) < 4.78 is 13.4. The number of benzene rings is 1. The fourth-order valence-electron chi connectivity index (χ4n) is 1.63. The number of nitrogens with one attached hydrogen (secondary N) is 1. The second-order valence-electron chi connectivity index (χ2n) is 3.96. The van der Waals surface area contributed by atoms with Crippen LogP contribution in [0.1, 0.15) is 32.3 Å². The highest BCUT2D eigenvalue weighted by Crippen LogP contribution is 2.19. The molecule has 1 rings (SSSR count). The average Bonchev–Trinajstić information content (AvgIpc) is 2.31. The van der Waals surface area contributed by atoms with Crippen molar-refractivity contribution in [3.8, 4) is 0 Å². The van der Waals surface area contributed by atoms with Crippen molar-refractivity contribution in [1.29, 1.82) is 0 Å². The first-order valence-electron chi connectivity index (χ1n) is 5.80. The summed E-state index contributed by atoms with van der Waals surface area (Å²) in [4.78, 5) is 11.7. The smallest absolute Gasteiger partial charge is 0.224 e. The van der Waals surface area contributed by atoms with Crippen molar-refractivity contribution in [1.82, 2.24) is 5.32 Å². The summed E-state index contributed by atoms with van der Waals surface area (Å²) in [6.07, 6.45) is 1.72. The minimum absolute atomic E-state index is 0.0119. The molecule has 0 bridgehead atoms. The molecule has 17 heavy (non-hydrogen) atoms. The molecule has 1 aromatic carbocycles. The zero-order valence-corrected chi connectivity index (χ0v) is 10.9. The van der Waals surface area contributed by atoms with Gasteiger partial charge in [-0.3, -0.25) is 4.79 Å². The summed E-state index contributed by atoms with van der Waals surface area (Å²) in [7, 11) is 0. The van der Waals surface area contributed by atoms with Crippen molar-refractivity contribution in [2.45, 2.75) is 39.2 Å². The van der Waals surface area contributed by atoms with Gasteiger partial charge in [0.05, 0.1) is 6.42 Å². The SMILES string of the molecule is CCC(CC)NC(=O)Cc1c(F)cccc1Cl. The van der Waals surface area contributed by atoms with E-state index in [4.69, 9.17) is 11.6 Å². The molecule has 0 radical (unpaired) electrons. The van der Waals surface area contributed by atoms with E-state index in [9.17, 15) is 9.18 Å². The molecule has 0 saturated heterocycles. The number of carbonyl (C=O) groups excluding carboxylic acids is 1. The maximum atomic E-state index is 13.4. The predicted octanol–water partition coefficient (Wildman–Crippen LogP) is 3.33. The van der Waals surface area contributed by atoms with E-state index < -0.39 is 5.82 Å². The van der Waals surface area contributed by atoms with E-state index >= 15 is 0 Å². The first-order chi connectivity index (χ1) is 8.08. The summed E-state index contributed by atoms with van der Waals surface area (Å²) >= 11 is 5.86. The van der Waals surface area contributed by atoms with Gasteiger partial charge in [0.1, 0.15) is 5.82 Å². The fraction of sp³-hybridized carbons (Fsp3) is 0.462. The summed E-state index contributed by atoms with van der Waals surface area (Å²) in [6, 6.07) is 4.57. The van der Waals surface area contributed by atoms with Crippen LogP contribution in [0.5, 0.6) is 0 Å². The van der Waals surface area contributed by atoms with Crippen molar-refractivity contribution < 1.29 is 9.18 Å². The Morgan fingerprint density at radius 2 is 2.06 bits per heavy atom. The van der Waals surface area contributed by atoms with Gasteiger partial charge in [-0.1, -0.05) is 31.5 Å². The second kappa shape index (κ2) is 6.60.